The van der Waals surface area contributed by atoms with Crippen molar-refractivity contribution < 1.29 is 19.5 Å². The van der Waals surface area contributed by atoms with Gasteiger partial charge in [-0.1, -0.05) is 78.9 Å². The summed E-state index contributed by atoms with van der Waals surface area (Å²) in [6, 6.07) is 50.9. The zero-order chi connectivity index (χ0) is 25.5. The van der Waals surface area contributed by atoms with Crippen molar-refractivity contribution in [1.82, 2.24) is 9.47 Å². The maximum Gasteiger partial charge on any atom is 0.241 e. The topological polar surface area (TPSA) is 12.9 Å². The van der Waals surface area contributed by atoms with Crippen molar-refractivity contribution in [3.05, 3.63) is 151 Å². The van der Waals surface area contributed by atoms with Crippen LogP contribution in [0.4, 0.5) is 22.9 Å². The Morgan fingerprint density at radius 1 is 0.564 bits per heavy atom. The van der Waals surface area contributed by atoms with E-state index < -0.39 is 0 Å². The molecule has 2 heterocycles. The van der Waals surface area contributed by atoms with E-state index >= 15 is 0 Å². The number of hydrogen-bond donors (Lipinski definition) is 0. The van der Waals surface area contributed by atoms with E-state index in [0.29, 0.717) is 4.48 Å². The molecule has 7 rings (SSSR count). The summed E-state index contributed by atoms with van der Waals surface area (Å²) in [4.78, 5) is 5.11. The van der Waals surface area contributed by atoms with E-state index in [0.717, 1.165) is 17.1 Å². The molecule has 0 atom stereocenters. The van der Waals surface area contributed by atoms with Crippen molar-refractivity contribution in [2.24, 2.45) is 0 Å². The Kier molecular flexibility index (Phi) is 6.56. The number of rotatable bonds is 4. The number of para-hydroxylation sites is 3. The third-order valence-electron chi connectivity index (χ3n) is 7.61. The first kappa shape index (κ1) is 25.1. The summed E-state index contributed by atoms with van der Waals surface area (Å²) in [6.45, 7) is 2.14. The number of fused-ring (bicyclic) bond motifs is 3. The Labute approximate surface area is 242 Å². The Morgan fingerprint density at radius 3 is 1.77 bits per heavy atom. The molecule has 0 saturated carbocycles. The van der Waals surface area contributed by atoms with Crippen LogP contribution in [-0.4, -0.2) is 4.98 Å². The number of aromatic nitrogens is 1. The first-order valence-corrected chi connectivity index (χ1v) is 13.0. The molecule has 2 nitrogen and oxygen atoms in total. The van der Waals surface area contributed by atoms with Crippen molar-refractivity contribution >= 4 is 22.9 Å². The summed E-state index contributed by atoms with van der Waals surface area (Å²) >= 11 is 0. The number of quaternary nitrogens is 1. The molecule has 3 heteroatoms. The molecule has 0 saturated heterocycles. The molecule has 0 unspecified atom stereocenters. The molecule has 0 fully saturated rings. The first-order valence-electron chi connectivity index (χ1n) is 13.0. The van der Waals surface area contributed by atoms with Crippen LogP contribution >= 0.6 is 0 Å². The molecule has 39 heavy (non-hydrogen) atoms. The van der Waals surface area contributed by atoms with Gasteiger partial charge in [-0.15, -0.1) is 12.1 Å². The van der Waals surface area contributed by atoms with E-state index in [4.69, 9.17) is 4.98 Å². The third kappa shape index (κ3) is 3.98. The smallest absolute Gasteiger partial charge is 0.204 e. The van der Waals surface area contributed by atoms with E-state index in [-0.39, 0.29) is 19.5 Å². The average Bonchev–Trinajstić information content (AvgIpc) is 3.30. The quantitative estimate of drug-likeness (QED) is 0.113. The van der Waals surface area contributed by atoms with E-state index in [1.54, 1.807) is 0 Å². The number of aryl methyl sites for hydroxylation is 1. The molecule has 0 amide bonds. The van der Waals surface area contributed by atoms with Gasteiger partial charge >= 0.3 is 0 Å². The molecule has 1 radical (unpaired) electrons. The second-order valence-corrected chi connectivity index (χ2v) is 9.75. The zero-order valence-electron chi connectivity index (χ0n) is 21.5. The Hall–Kier alpha value is -4.17. The van der Waals surface area contributed by atoms with Crippen LogP contribution in [0.15, 0.2) is 140 Å². The van der Waals surface area contributed by atoms with E-state index in [1.165, 1.54) is 44.8 Å². The minimum atomic E-state index is 0. The molecule has 189 valence electrons. The van der Waals surface area contributed by atoms with Crippen LogP contribution in [-0.2, 0) is 19.5 Å². The minimum Gasteiger partial charge on any atom is -0.204 e. The minimum absolute atomic E-state index is 0. The molecule has 0 bridgehead atoms. The van der Waals surface area contributed by atoms with Gasteiger partial charge in [-0.05, 0) is 46.9 Å². The maximum absolute atomic E-state index is 5.11. The van der Waals surface area contributed by atoms with Crippen molar-refractivity contribution in [3.63, 3.8) is 0 Å². The molecule has 0 spiro atoms. The van der Waals surface area contributed by atoms with Crippen LogP contribution in [0.25, 0.3) is 33.4 Å². The fraction of sp³-hybridized carbons (Fsp3) is 0.0278. The zero-order valence-corrected chi connectivity index (χ0v) is 23.1. The SMILES string of the molecule is Cc1cnc([N+]2(c3[c-]cccc3)c3ccccc3-c3ccccc32)cc1-c1ccc(-c2ccccc2)cc1.[Rh]. The monoisotopic (exact) mass is 589 g/mol. The molecule has 1 aliphatic heterocycles. The second-order valence-electron chi connectivity index (χ2n) is 9.75. The summed E-state index contributed by atoms with van der Waals surface area (Å²) in [5, 5.41) is 0. The fourth-order valence-corrected chi connectivity index (χ4v) is 5.82. The van der Waals surface area contributed by atoms with Crippen LogP contribution in [0.2, 0.25) is 0 Å². The summed E-state index contributed by atoms with van der Waals surface area (Å²) < 4.78 is 0.405. The van der Waals surface area contributed by atoms with Gasteiger partial charge in [-0.3, -0.25) is 0 Å². The van der Waals surface area contributed by atoms with Gasteiger partial charge in [-0.2, -0.15) is 22.7 Å². The maximum atomic E-state index is 5.11. The molecule has 1 aromatic heterocycles. The van der Waals surface area contributed by atoms with Gasteiger partial charge in [0.15, 0.2) is 11.4 Å². The van der Waals surface area contributed by atoms with Crippen molar-refractivity contribution in [3.8, 4) is 33.4 Å². The predicted octanol–water partition coefficient (Wildman–Crippen LogP) is 9.80. The van der Waals surface area contributed by atoms with Gasteiger partial charge in [0.05, 0.1) is 11.1 Å². The Bertz CT molecular complexity index is 1720. The Balaban J connectivity index is 0.00000277. The Morgan fingerprint density at radius 2 is 1.13 bits per heavy atom. The molecular formula is C36H26N2Rh. The van der Waals surface area contributed by atoms with E-state index in [2.05, 4.69) is 134 Å². The molecule has 1 aliphatic rings. The molecular weight excluding hydrogens is 563 g/mol. The average molecular weight is 590 g/mol. The molecule has 0 N–H and O–H groups in total. The number of pyridine rings is 1. The normalized spacial score (nSPS) is 12.7. The summed E-state index contributed by atoms with van der Waals surface area (Å²) in [5.74, 6) is 0.956. The fourth-order valence-electron chi connectivity index (χ4n) is 5.82. The van der Waals surface area contributed by atoms with E-state index in [9.17, 15) is 0 Å². The van der Waals surface area contributed by atoms with Crippen molar-refractivity contribution in [2.75, 3.05) is 0 Å². The van der Waals surface area contributed by atoms with Gasteiger partial charge in [0.1, 0.15) is 0 Å². The van der Waals surface area contributed by atoms with Gasteiger partial charge in [-0.25, -0.2) is 4.98 Å². The van der Waals surface area contributed by atoms with Gasteiger partial charge < -0.3 is 0 Å². The molecule has 0 aliphatic carbocycles. The number of benzene rings is 5. The summed E-state index contributed by atoms with van der Waals surface area (Å²) in [7, 11) is 0. The standard InChI is InChI=1S/C36H26N2.Rh/c1-26-25-37-36(24-33(26)29-22-20-28(21-23-29)27-12-4-2-5-13-27)38(30-14-6-3-7-15-30)34-18-10-8-16-31(34)32-17-9-11-19-35(32)38;/h2-14,16-25H,1H3;. The first-order chi connectivity index (χ1) is 18.8. The van der Waals surface area contributed by atoms with E-state index in [1.807, 2.05) is 18.3 Å². The summed E-state index contributed by atoms with van der Waals surface area (Å²) in [6.07, 6.45) is 2.02. The predicted molar refractivity (Wildman–Crippen MR) is 158 cm³/mol. The second kappa shape index (κ2) is 10.2. The van der Waals surface area contributed by atoms with Crippen LogP contribution in [0.1, 0.15) is 5.56 Å². The van der Waals surface area contributed by atoms with Gasteiger partial charge in [0.25, 0.3) is 0 Å². The van der Waals surface area contributed by atoms with Crippen molar-refractivity contribution in [2.45, 2.75) is 6.92 Å². The summed E-state index contributed by atoms with van der Waals surface area (Å²) in [5.41, 5.74) is 11.9. The van der Waals surface area contributed by atoms with Gasteiger partial charge in [0, 0.05) is 49.6 Å². The molecule has 6 aromatic rings. The van der Waals surface area contributed by atoms with Crippen molar-refractivity contribution in [1.29, 1.82) is 0 Å². The van der Waals surface area contributed by atoms with Crippen LogP contribution in [0.5, 0.6) is 0 Å². The number of hydrogen-bond acceptors (Lipinski definition) is 1. The van der Waals surface area contributed by atoms with Gasteiger partial charge in [0.2, 0.25) is 5.82 Å². The largest absolute Gasteiger partial charge is 0.241 e. The van der Waals surface area contributed by atoms with Crippen LogP contribution < -0.4 is 4.48 Å². The molecule has 5 aromatic carbocycles. The van der Waals surface area contributed by atoms with Crippen LogP contribution in [0.3, 0.4) is 0 Å². The van der Waals surface area contributed by atoms with Crippen LogP contribution in [0, 0.1) is 13.0 Å². The number of nitrogens with zero attached hydrogens (tertiary/aromatic N) is 2. The third-order valence-corrected chi connectivity index (χ3v) is 7.61.